The van der Waals surface area contributed by atoms with Crippen molar-refractivity contribution in [1.82, 2.24) is 29.3 Å². The zero-order valence-corrected chi connectivity index (χ0v) is 16.7. The van der Waals surface area contributed by atoms with Crippen LogP contribution in [0.3, 0.4) is 0 Å². The van der Waals surface area contributed by atoms with E-state index in [1.54, 1.807) is 16.7 Å². The van der Waals surface area contributed by atoms with Crippen LogP contribution in [-0.2, 0) is 17.7 Å². The van der Waals surface area contributed by atoms with E-state index in [0.717, 1.165) is 5.52 Å². The molecule has 4 aromatic rings. The first-order valence-electron chi connectivity index (χ1n) is 8.83. The molecule has 0 amide bonds. The average Bonchev–Trinajstić information content (AvgIpc) is 3.30. The number of aromatic nitrogens is 6. The van der Waals surface area contributed by atoms with Gasteiger partial charge in [-0.15, -0.1) is 16.8 Å². The van der Waals surface area contributed by atoms with E-state index in [4.69, 9.17) is 4.52 Å². The molecule has 0 aliphatic carbocycles. The zero-order chi connectivity index (χ0) is 19.9. The maximum Gasteiger partial charge on any atom is 0.263 e. The molecule has 8 nitrogen and oxygen atoms in total. The number of hydrogen-bond acceptors (Lipinski definition) is 7. The van der Waals surface area contributed by atoms with Gasteiger partial charge in [0.15, 0.2) is 11.0 Å². The number of benzene rings is 1. The van der Waals surface area contributed by atoms with E-state index < -0.39 is 0 Å². The van der Waals surface area contributed by atoms with Crippen LogP contribution in [0, 0.1) is 0 Å². The van der Waals surface area contributed by atoms with Crippen molar-refractivity contribution >= 4 is 28.4 Å². The summed E-state index contributed by atoms with van der Waals surface area (Å²) >= 11 is 1.43. The van der Waals surface area contributed by atoms with Crippen LogP contribution in [0.15, 0.2) is 51.4 Å². The molecule has 144 valence electrons. The van der Waals surface area contributed by atoms with Crippen molar-refractivity contribution in [3.8, 4) is 0 Å². The van der Waals surface area contributed by atoms with E-state index in [9.17, 15) is 4.79 Å². The summed E-state index contributed by atoms with van der Waals surface area (Å²) in [7, 11) is 0. The molecule has 0 aliphatic heterocycles. The number of allylic oxidation sites excluding steroid dienone is 1. The van der Waals surface area contributed by atoms with Gasteiger partial charge in [-0.1, -0.05) is 55.9 Å². The van der Waals surface area contributed by atoms with Gasteiger partial charge in [-0.25, -0.2) is 0 Å². The minimum Gasteiger partial charge on any atom is -0.338 e. The zero-order valence-electron chi connectivity index (χ0n) is 15.9. The summed E-state index contributed by atoms with van der Waals surface area (Å²) in [4.78, 5) is 17.3. The number of hydrogen-bond donors (Lipinski definition) is 0. The molecule has 28 heavy (non-hydrogen) atoms. The number of fused-ring (bicyclic) bond motifs is 3. The van der Waals surface area contributed by atoms with E-state index in [2.05, 4.69) is 26.9 Å². The molecule has 0 saturated carbocycles. The van der Waals surface area contributed by atoms with Crippen LogP contribution in [-0.4, -0.2) is 29.3 Å². The molecule has 3 heterocycles. The molecule has 0 aliphatic rings. The van der Waals surface area contributed by atoms with Gasteiger partial charge in [0.05, 0.1) is 16.7 Å². The Labute approximate surface area is 165 Å². The van der Waals surface area contributed by atoms with Gasteiger partial charge in [0.1, 0.15) is 0 Å². The van der Waals surface area contributed by atoms with Crippen LogP contribution < -0.4 is 5.56 Å². The van der Waals surface area contributed by atoms with Gasteiger partial charge in [-0.3, -0.25) is 13.8 Å². The smallest absolute Gasteiger partial charge is 0.263 e. The minimum absolute atomic E-state index is 0.112. The van der Waals surface area contributed by atoms with Crippen LogP contribution in [0.5, 0.6) is 0 Å². The Morgan fingerprint density at radius 3 is 2.75 bits per heavy atom. The van der Waals surface area contributed by atoms with Crippen LogP contribution >= 0.6 is 11.8 Å². The quantitative estimate of drug-likeness (QED) is 0.378. The molecule has 1 aromatic carbocycles. The molecular weight excluding hydrogens is 376 g/mol. The van der Waals surface area contributed by atoms with Crippen LogP contribution in [0.25, 0.3) is 16.7 Å². The lowest BCUT2D eigenvalue weighted by Gasteiger charge is -2.10. The van der Waals surface area contributed by atoms with Gasteiger partial charge < -0.3 is 4.52 Å². The lowest BCUT2D eigenvalue weighted by molar-refractivity contribution is 0.372. The van der Waals surface area contributed by atoms with Gasteiger partial charge in [0.25, 0.3) is 5.56 Å². The molecule has 0 spiro atoms. The van der Waals surface area contributed by atoms with Crippen molar-refractivity contribution in [2.75, 3.05) is 0 Å². The molecule has 0 N–H and O–H groups in total. The molecule has 0 saturated heterocycles. The molecule has 4 rings (SSSR count). The summed E-state index contributed by atoms with van der Waals surface area (Å²) in [6, 6.07) is 7.43. The summed E-state index contributed by atoms with van der Waals surface area (Å²) < 4.78 is 8.81. The van der Waals surface area contributed by atoms with Crippen molar-refractivity contribution in [3.05, 3.63) is 59.0 Å². The standard InChI is InChI=1S/C19H20N6O2S/c1-5-10-24-15(26)12-8-6-7-9-13(12)25-17(24)21-22-18(25)28-11-14-20-16(23-27-14)19(2,3)4/h5-9H,1,10-11H2,2-4H3. The number of nitrogens with zero attached hydrogens (tertiary/aromatic N) is 6. The third-order valence-corrected chi connectivity index (χ3v) is 5.17. The third-order valence-electron chi connectivity index (χ3n) is 4.25. The van der Waals surface area contributed by atoms with Gasteiger partial charge in [-0.2, -0.15) is 4.98 Å². The van der Waals surface area contributed by atoms with Crippen LogP contribution in [0.2, 0.25) is 0 Å². The Morgan fingerprint density at radius 2 is 2.04 bits per heavy atom. The van der Waals surface area contributed by atoms with E-state index in [1.807, 2.05) is 43.4 Å². The van der Waals surface area contributed by atoms with Crippen molar-refractivity contribution in [1.29, 1.82) is 0 Å². The highest BCUT2D eigenvalue weighted by molar-refractivity contribution is 7.98. The molecule has 3 aromatic heterocycles. The van der Waals surface area contributed by atoms with Gasteiger partial charge >= 0.3 is 0 Å². The first kappa shape index (κ1) is 18.4. The van der Waals surface area contributed by atoms with Crippen LogP contribution in [0.1, 0.15) is 32.5 Å². The van der Waals surface area contributed by atoms with Crippen molar-refractivity contribution < 1.29 is 4.52 Å². The Balaban J connectivity index is 1.77. The van der Waals surface area contributed by atoms with Crippen molar-refractivity contribution in [3.63, 3.8) is 0 Å². The molecule has 0 bridgehead atoms. The average molecular weight is 396 g/mol. The van der Waals surface area contributed by atoms with E-state index in [1.165, 1.54) is 11.8 Å². The number of thioether (sulfide) groups is 1. The monoisotopic (exact) mass is 396 g/mol. The predicted molar refractivity (Wildman–Crippen MR) is 108 cm³/mol. The number of para-hydroxylation sites is 1. The minimum atomic E-state index is -0.176. The summed E-state index contributed by atoms with van der Waals surface area (Å²) in [5, 5.41) is 13.8. The molecule has 9 heteroatoms. The SMILES string of the molecule is C=CCn1c(=O)c2ccccc2n2c(SCc3nc(C(C)(C)C)no3)nnc12. The van der Waals surface area contributed by atoms with Gasteiger partial charge in [-0.05, 0) is 12.1 Å². The molecule has 0 radical (unpaired) electrons. The molecule has 0 unspecified atom stereocenters. The maximum atomic E-state index is 12.8. The lowest BCUT2D eigenvalue weighted by Crippen LogP contribution is -2.22. The first-order chi connectivity index (χ1) is 13.4. The van der Waals surface area contributed by atoms with Crippen molar-refractivity contribution in [2.45, 2.75) is 43.6 Å². The Morgan fingerprint density at radius 1 is 1.25 bits per heavy atom. The Kier molecular flexibility index (Phi) is 4.54. The fourth-order valence-electron chi connectivity index (χ4n) is 2.87. The van der Waals surface area contributed by atoms with E-state index in [-0.39, 0.29) is 11.0 Å². The van der Waals surface area contributed by atoms with Crippen LogP contribution in [0.4, 0.5) is 0 Å². The highest BCUT2D eigenvalue weighted by atomic mass is 32.2. The highest BCUT2D eigenvalue weighted by Crippen LogP contribution is 2.25. The molecule has 0 fully saturated rings. The third kappa shape index (κ3) is 3.11. The van der Waals surface area contributed by atoms with Crippen molar-refractivity contribution in [2.24, 2.45) is 0 Å². The van der Waals surface area contributed by atoms with E-state index >= 15 is 0 Å². The van der Waals surface area contributed by atoms with Gasteiger partial charge in [0.2, 0.25) is 11.7 Å². The Bertz CT molecular complexity index is 1230. The fourth-order valence-corrected chi connectivity index (χ4v) is 3.64. The van der Waals surface area contributed by atoms with Gasteiger partial charge in [0, 0.05) is 12.0 Å². The first-order valence-corrected chi connectivity index (χ1v) is 9.82. The molecular formula is C19H20N6O2S. The number of rotatable bonds is 5. The molecule has 0 atom stereocenters. The maximum absolute atomic E-state index is 12.8. The van der Waals surface area contributed by atoms with E-state index in [0.29, 0.717) is 40.3 Å². The topological polar surface area (TPSA) is 91.1 Å². The Hall–Kier alpha value is -2.94. The lowest BCUT2D eigenvalue weighted by atomic mass is 9.96. The highest BCUT2D eigenvalue weighted by Gasteiger charge is 2.22. The summed E-state index contributed by atoms with van der Waals surface area (Å²) in [6.07, 6.45) is 1.67. The second-order valence-electron chi connectivity index (χ2n) is 7.39. The largest absolute Gasteiger partial charge is 0.338 e. The summed E-state index contributed by atoms with van der Waals surface area (Å²) in [6.45, 7) is 10.2. The summed E-state index contributed by atoms with van der Waals surface area (Å²) in [5.74, 6) is 2.13. The summed E-state index contributed by atoms with van der Waals surface area (Å²) in [5.41, 5.74) is 0.472. The predicted octanol–water partition coefficient (Wildman–Crippen LogP) is 3.20. The normalized spacial score (nSPS) is 12.1. The second-order valence-corrected chi connectivity index (χ2v) is 8.33. The fraction of sp³-hybridized carbons (Fsp3) is 0.316. The second kappa shape index (κ2) is 6.90.